The molecule has 1 aromatic rings. The van der Waals surface area contributed by atoms with E-state index in [1.165, 1.54) is 12.4 Å². The zero-order chi connectivity index (χ0) is 12.0. The van der Waals surface area contributed by atoms with Crippen LogP contribution in [0.4, 0.5) is 5.82 Å². The molecule has 1 heterocycles. The number of carbonyl (C=O) groups is 1. The summed E-state index contributed by atoms with van der Waals surface area (Å²) in [6, 6.07) is 0. The van der Waals surface area contributed by atoms with Crippen LogP contribution in [0.5, 0.6) is 0 Å². The maximum absolute atomic E-state index is 10.6. The van der Waals surface area contributed by atoms with Crippen LogP contribution in [0.1, 0.15) is 16.9 Å². The van der Waals surface area contributed by atoms with Crippen molar-refractivity contribution in [1.29, 1.82) is 0 Å². The van der Waals surface area contributed by atoms with Crippen molar-refractivity contribution in [3.63, 3.8) is 0 Å². The molecular weight excluding hydrogens is 210 g/mol. The minimum Gasteiger partial charge on any atom is -0.476 e. The molecule has 1 rings (SSSR count). The van der Waals surface area contributed by atoms with Gasteiger partial charge in [-0.25, -0.2) is 14.8 Å². The van der Waals surface area contributed by atoms with E-state index in [0.29, 0.717) is 12.4 Å². The number of carboxylic acids is 1. The molecule has 0 saturated heterocycles. The number of nitrogens with zero attached hydrogens (tertiary/aromatic N) is 3. The standard InChI is InChI=1S/C10H15N3O3/c1-13(4-3-5-16-2)9-7-11-8(6-12-9)10(14)15/h6-7H,3-5H2,1-2H3,(H,14,15). The number of aromatic nitrogens is 2. The average Bonchev–Trinajstić information content (AvgIpc) is 2.29. The highest BCUT2D eigenvalue weighted by molar-refractivity contribution is 5.84. The number of hydrogen-bond acceptors (Lipinski definition) is 5. The maximum Gasteiger partial charge on any atom is 0.356 e. The number of carboxylic acid groups (broad SMARTS) is 1. The van der Waals surface area contributed by atoms with Gasteiger partial charge in [0.15, 0.2) is 5.69 Å². The highest BCUT2D eigenvalue weighted by atomic mass is 16.5. The van der Waals surface area contributed by atoms with Crippen molar-refractivity contribution >= 4 is 11.8 Å². The summed E-state index contributed by atoms with van der Waals surface area (Å²) in [7, 11) is 3.53. The summed E-state index contributed by atoms with van der Waals surface area (Å²) < 4.78 is 4.94. The third-order valence-corrected chi connectivity index (χ3v) is 2.09. The molecule has 0 fully saturated rings. The molecule has 0 bridgehead atoms. The molecule has 0 amide bonds. The first-order valence-electron chi connectivity index (χ1n) is 4.90. The topological polar surface area (TPSA) is 75.5 Å². The first-order chi connectivity index (χ1) is 7.65. The van der Waals surface area contributed by atoms with Gasteiger partial charge in [-0.15, -0.1) is 0 Å². The van der Waals surface area contributed by atoms with Crippen molar-refractivity contribution in [1.82, 2.24) is 9.97 Å². The molecule has 0 unspecified atom stereocenters. The molecule has 88 valence electrons. The third-order valence-electron chi connectivity index (χ3n) is 2.09. The fourth-order valence-corrected chi connectivity index (χ4v) is 1.19. The van der Waals surface area contributed by atoms with Gasteiger partial charge in [-0.3, -0.25) is 0 Å². The van der Waals surface area contributed by atoms with Crippen molar-refractivity contribution < 1.29 is 14.6 Å². The molecule has 1 aromatic heterocycles. The second-order valence-corrected chi connectivity index (χ2v) is 3.33. The van der Waals surface area contributed by atoms with Gasteiger partial charge in [0, 0.05) is 27.3 Å². The van der Waals surface area contributed by atoms with E-state index in [-0.39, 0.29) is 5.69 Å². The van der Waals surface area contributed by atoms with Gasteiger partial charge in [0.2, 0.25) is 0 Å². The van der Waals surface area contributed by atoms with Crippen LogP contribution in [0, 0.1) is 0 Å². The molecule has 0 aliphatic heterocycles. The minimum absolute atomic E-state index is 0.0472. The van der Waals surface area contributed by atoms with Gasteiger partial charge in [0.25, 0.3) is 0 Å². The smallest absolute Gasteiger partial charge is 0.356 e. The summed E-state index contributed by atoms with van der Waals surface area (Å²) in [5.41, 5.74) is -0.0472. The molecule has 0 aromatic carbocycles. The van der Waals surface area contributed by atoms with Gasteiger partial charge in [-0.1, -0.05) is 0 Å². The number of ether oxygens (including phenoxy) is 1. The summed E-state index contributed by atoms with van der Waals surface area (Å²) in [6.45, 7) is 1.47. The van der Waals surface area contributed by atoms with Gasteiger partial charge in [-0.05, 0) is 6.42 Å². The lowest BCUT2D eigenvalue weighted by Gasteiger charge is -2.17. The van der Waals surface area contributed by atoms with E-state index >= 15 is 0 Å². The van der Waals surface area contributed by atoms with Crippen LogP contribution >= 0.6 is 0 Å². The van der Waals surface area contributed by atoms with Gasteiger partial charge < -0.3 is 14.7 Å². The Morgan fingerprint density at radius 2 is 2.25 bits per heavy atom. The van der Waals surface area contributed by atoms with E-state index < -0.39 is 5.97 Å². The Morgan fingerprint density at radius 1 is 1.50 bits per heavy atom. The van der Waals surface area contributed by atoms with E-state index in [1.54, 1.807) is 7.11 Å². The lowest BCUT2D eigenvalue weighted by molar-refractivity contribution is 0.0690. The number of methoxy groups -OCH3 is 1. The molecule has 0 spiro atoms. The monoisotopic (exact) mass is 225 g/mol. The van der Waals surface area contributed by atoms with Crippen LogP contribution in [0.3, 0.4) is 0 Å². The molecule has 0 radical (unpaired) electrons. The quantitative estimate of drug-likeness (QED) is 0.716. The molecule has 6 nitrogen and oxygen atoms in total. The van der Waals surface area contributed by atoms with E-state index in [4.69, 9.17) is 9.84 Å². The minimum atomic E-state index is -1.07. The first kappa shape index (κ1) is 12.4. The van der Waals surface area contributed by atoms with E-state index in [1.807, 2.05) is 11.9 Å². The van der Waals surface area contributed by atoms with Crippen LogP contribution in [0.15, 0.2) is 12.4 Å². The van der Waals surface area contributed by atoms with Gasteiger partial charge in [-0.2, -0.15) is 0 Å². The Labute approximate surface area is 93.9 Å². The van der Waals surface area contributed by atoms with Crippen molar-refractivity contribution in [2.75, 3.05) is 32.2 Å². The lowest BCUT2D eigenvalue weighted by Crippen LogP contribution is -2.21. The highest BCUT2D eigenvalue weighted by Gasteiger charge is 2.07. The number of anilines is 1. The second kappa shape index (κ2) is 6.02. The Kier molecular flexibility index (Phi) is 4.65. The molecule has 1 N–H and O–H groups in total. The molecule has 0 aliphatic carbocycles. The van der Waals surface area contributed by atoms with Gasteiger partial charge >= 0.3 is 5.97 Å². The lowest BCUT2D eigenvalue weighted by atomic mass is 10.4. The van der Waals surface area contributed by atoms with Crippen LogP contribution in [-0.4, -0.2) is 48.4 Å². The average molecular weight is 225 g/mol. The summed E-state index contributed by atoms with van der Waals surface area (Å²) >= 11 is 0. The van der Waals surface area contributed by atoms with Crippen LogP contribution in [-0.2, 0) is 4.74 Å². The molecule has 0 atom stereocenters. The number of aromatic carboxylic acids is 1. The largest absolute Gasteiger partial charge is 0.476 e. The second-order valence-electron chi connectivity index (χ2n) is 3.33. The van der Waals surface area contributed by atoms with Crippen molar-refractivity contribution in [2.24, 2.45) is 0 Å². The summed E-state index contributed by atoms with van der Waals surface area (Å²) in [5, 5.41) is 8.66. The predicted octanol–water partition coefficient (Wildman–Crippen LogP) is 0.647. The Hall–Kier alpha value is -1.69. The molecule has 0 saturated carbocycles. The van der Waals surface area contributed by atoms with Crippen LogP contribution in [0.2, 0.25) is 0 Å². The molecule has 16 heavy (non-hydrogen) atoms. The molecule has 6 heteroatoms. The van der Waals surface area contributed by atoms with Gasteiger partial charge in [0.05, 0.1) is 12.4 Å². The van der Waals surface area contributed by atoms with E-state index in [9.17, 15) is 4.79 Å². The highest BCUT2D eigenvalue weighted by Crippen LogP contribution is 2.07. The van der Waals surface area contributed by atoms with Crippen LogP contribution < -0.4 is 4.90 Å². The Morgan fingerprint density at radius 3 is 2.75 bits per heavy atom. The summed E-state index contributed by atoms with van der Waals surface area (Å²) in [5.74, 6) is -0.415. The third kappa shape index (κ3) is 3.47. The van der Waals surface area contributed by atoms with E-state index in [2.05, 4.69) is 9.97 Å². The van der Waals surface area contributed by atoms with Gasteiger partial charge in [0.1, 0.15) is 5.82 Å². The Bertz CT molecular complexity index is 340. The van der Waals surface area contributed by atoms with Crippen LogP contribution in [0.25, 0.3) is 0 Å². The number of hydrogen-bond donors (Lipinski definition) is 1. The first-order valence-corrected chi connectivity index (χ1v) is 4.90. The fourth-order valence-electron chi connectivity index (χ4n) is 1.19. The molecule has 0 aliphatic rings. The summed E-state index contributed by atoms with van der Waals surface area (Å²) in [6.07, 6.45) is 3.59. The Balaban J connectivity index is 2.56. The van der Waals surface area contributed by atoms with Crippen molar-refractivity contribution in [3.05, 3.63) is 18.1 Å². The predicted molar refractivity (Wildman–Crippen MR) is 58.8 cm³/mol. The number of rotatable bonds is 6. The van der Waals surface area contributed by atoms with Crippen molar-refractivity contribution in [3.8, 4) is 0 Å². The SMILES string of the molecule is COCCCN(C)c1cnc(C(=O)O)cn1. The van der Waals surface area contributed by atoms with Crippen molar-refractivity contribution in [2.45, 2.75) is 6.42 Å². The summed E-state index contributed by atoms with van der Waals surface area (Å²) in [4.78, 5) is 20.3. The molecular formula is C10H15N3O3. The fraction of sp³-hybridized carbons (Fsp3) is 0.500. The zero-order valence-corrected chi connectivity index (χ0v) is 9.38. The normalized spacial score (nSPS) is 10.1. The zero-order valence-electron chi connectivity index (χ0n) is 9.38. The maximum atomic E-state index is 10.6. The van der Waals surface area contributed by atoms with E-state index in [0.717, 1.165) is 13.0 Å².